The van der Waals surface area contributed by atoms with E-state index >= 15 is 0 Å². The smallest absolute Gasteiger partial charge is 0.339 e. The first-order valence-corrected chi connectivity index (χ1v) is 9.81. The number of fused-ring (bicyclic) bond motifs is 1. The molecule has 1 aromatic carbocycles. The van der Waals surface area contributed by atoms with Crippen LogP contribution in [0.3, 0.4) is 0 Å². The number of hydrogen-bond acceptors (Lipinski definition) is 6. The van der Waals surface area contributed by atoms with Crippen LogP contribution in [0.5, 0.6) is 0 Å². The molecule has 0 aliphatic heterocycles. The number of benzene rings is 1. The average Bonchev–Trinajstić information content (AvgIpc) is 3.09. The zero-order chi connectivity index (χ0) is 19.6. The Labute approximate surface area is 167 Å². The number of carbonyl (C=O) groups is 2. The predicted molar refractivity (Wildman–Crippen MR) is 107 cm³/mol. The van der Waals surface area contributed by atoms with Gasteiger partial charge in [0.05, 0.1) is 23.9 Å². The predicted octanol–water partition coefficient (Wildman–Crippen LogP) is 3.60. The van der Waals surface area contributed by atoms with Gasteiger partial charge in [-0.15, -0.1) is 11.3 Å². The van der Waals surface area contributed by atoms with E-state index in [-0.39, 0.29) is 23.5 Å². The van der Waals surface area contributed by atoms with E-state index in [2.05, 4.69) is 26.2 Å². The number of aromatic nitrogens is 2. The lowest BCUT2D eigenvalue weighted by Gasteiger charge is -2.15. The van der Waals surface area contributed by atoms with E-state index < -0.39 is 17.6 Å². The SMILES string of the molecule is CCOC(=O)c1csc2ncn(C(C)C(=O)Nc3ccc(Br)cc3)c(=O)c12. The number of nitrogens with one attached hydrogen (secondary N) is 1. The highest BCUT2D eigenvalue weighted by Gasteiger charge is 2.22. The third-order valence-corrected chi connectivity index (χ3v) is 5.34. The second kappa shape index (κ2) is 8.01. The third-order valence-electron chi connectivity index (χ3n) is 3.92. The first-order chi connectivity index (χ1) is 12.9. The summed E-state index contributed by atoms with van der Waals surface area (Å²) in [5.41, 5.74) is 0.326. The molecule has 0 saturated carbocycles. The molecule has 0 saturated heterocycles. The molecule has 0 radical (unpaired) electrons. The molecule has 0 aliphatic rings. The van der Waals surface area contributed by atoms with Gasteiger partial charge >= 0.3 is 5.97 Å². The normalized spacial score (nSPS) is 12.0. The fourth-order valence-electron chi connectivity index (χ4n) is 2.49. The minimum Gasteiger partial charge on any atom is -0.462 e. The second-order valence-electron chi connectivity index (χ2n) is 5.68. The largest absolute Gasteiger partial charge is 0.462 e. The molecule has 1 amide bonds. The van der Waals surface area contributed by atoms with Gasteiger partial charge in [-0.25, -0.2) is 9.78 Å². The van der Waals surface area contributed by atoms with Gasteiger partial charge in [-0.3, -0.25) is 14.2 Å². The lowest BCUT2D eigenvalue weighted by atomic mass is 10.2. The van der Waals surface area contributed by atoms with Crippen molar-refractivity contribution in [1.82, 2.24) is 9.55 Å². The van der Waals surface area contributed by atoms with Gasteiger partial charge in [-0.05, 0) is 38.1 Å². The van der Waals surface area contributed by atoms with Gasteiger partial charge in [0.25, 0.3) is 5.56 Å². The molecule has 0 bridgehead atoms. The van der Waals surface area contributed by atoms with Crippen LogP contribution in [-0.4, -0.2) is 28.0 Å². The van der Waals surface area contributed by atoms with Gasteiger partial charge in [0.15, 0.2) is 0 Å². The number of esters is 1. The maximum Gasteiger partial charge on any atom is 0.339 e. The van der Waals surface area contributed by atoms with Crippen molar-refractivity contribution in [2.24, 2.45) is 0 Å². The van der Waals surface area contributed by atoms with E-state index in [0.717, 1.165) is 4.47 Å². The van der Waals surface area contributed by atoms with Gasteiger partial charge in [0.1, 0.15) is 10.9 Å². The number of nitrogens with zero attached hydrogens (tertiary/aromatic N) is 2. The number of rotatable bonds is 5. The number of ether oxygens (including phenoxy) is 1. The van der Waals surface area contributed by atoms with Crippen LogP contribution in [-0.2, 0) is 9.53 Å². The number of thiophene rings is 1. The molecule has 1 N–H and O–H groups in total. The lowest BCUT2D eigenvalue weighted by Crippen LogP contribution is -2.32. The number of anilines is 1. The van der Waals surface area contributed by atoms with Crippen molar-refractivity contribution in [3.05, 3.63) is 56.4 Å². The van der Waals surface area contributed by atoms with Crippen molar-refractivity contribution in [3.63, 3.8) is 0 Å². The lowest BCUT2D eigenvalue weighted by molar-refractivity contribution is -0.118. The molecule has 3 aromatic rings. The van der Waals surface area contributed by atoms with Crippen LogP contribution in [0.25, 0.3) is 10.2 Å². The third kappa shape index (κ3) is 3.93. The molecule has 0 spiro atoms. The van der Waals surface area contributed by atoms with E-state index in [4.69, 9.17) is 4.74 Å². The summed E-state index contributed by atoms with van der Waals surface area (Å²) in [6.07, 6.45) is 1.32. The summed E-state index contributed by atoms with van der Waals surface area (Å²) < 4.78 is 7.10. The molecule has 2 aromatic heterocycles. The summed E-state index contributed by atoms with van der Waals surface area (Å²) >= 11 is 4.52. The maximum atomic E-state index is 12.9. The quantitative estimate of drug-likeness (QED) is 0.600. The van der Waals surface area contributed by atoms with Crippen molar-refractivity contribution in [2.75, 3.05) is 11.9 Å². The van der Waals surface area contributed by atoms with Crippen LogP contribution < -0.4 is 10.9 Å². The van der Waals surface area contributed by atoms with Gasteiger partial charge in [0.2, 0.25) is 5.91 Å². The van der Waals surface area contributed by atoms with E-state index in [0.29, 0.717) is 10.5 Å². The molecule has 7 nitrogen and oxygen atoms in total. The first-order valence-electron chi connectivity index (χ1n) is 8.14. The molecule has 0 fully saturated rings. The summed E-state index contributed by atoms with van der Waals surface area (Å²) in [6, 6.07) is 6.29. The van der Waals surface area contributed by atoms with Gasteiger partial charge in [-0.1, -0.05) is 15.9 Å². The van der Waals surface area contributed by atoms with Gasteiger partial charge in [0, 0.05) is 15.5 Å². The van der Waals surface area contributed by atoms with Crippen LogP contribution in [0.4, 0.5) is 5.69 Å². The Bertz CT molecular complexity index is 1060. The van der Waals surface area contributed by atoms with Crippen LogP contribution in [0.15, 0.2) is 45.2 Å². The number of carbonyl (C=O) groups excluding carboxylic acids is 2. The summed E-state index contributed by atoms with van der Waals surface area (Å²) in [5, 5.41) is 4.48. The summed E-state index contributed by atoms with van der Waals surface area (Å²) in [6.45, 7) is 3.49. The van der Waals surface area contributed by atoms with Gasteiger partial charge in [-0.2, -0.15) is 0 Å². The van der Waals surface area contributed by atoms with E-state index in [1.54, 1.807) is 43.5 Å². The second-order valence-corrected chi connectivity index (χ2v) is 7.45. The highest BCUT2D eigenvalue weighted by atomic mass is 79.9. The average molecular weight is 450 g/mol. The standard InChI is InChI=1S/C18H16BrN3O4S/c1-3-26-18(25)13-8-27-16-14(13)17(24)22(9-20-16)10(2)15(23)21-12-6-4-11(19)5-7-12/h4-10H,3H2,1-2H3,(H,21,23). The van der Waals surface area contributed by atoms with Crippen LogP contribution in [0.1, 0.15) is 30.2 Å². The Kier molecular flexibility index (Phi) is 5.71. The Hall–Kier alpha value is -2.52. The molecular formula is C18H16BrN3O4S. The van der Waals surface area contributed by atoms with Crippen LogP contribution >= 0.6 is 27.3 Å². The van der Waals surface area contributed by atoms with Gasteiger partial charge < -0.3 is 10.1 Å². The number of halogens is 1. The molecule has 1 atom stereocenters. The highest BCUT2D eigenvalue weighted by Crippen LogP contribution is 2.22. The fourth-order valence-corrected chi connectivity index (χ4v) is 3.62. The zero-order valence-electron chi connectivity index (χ0n) is 14.6. The van der Waals surface area contributed by atoms with Crippen molar-refractivity contribution >= 4 is 55.0 Å². The van der Waals surface area contributed by atoms with E-state index in [9.17, 15) is 14.4 Å². The summed E-state index contributed by atoms with van der Waals surface area (Å²) in [5.74, 6) is -0.944. The van der Waals surface area contributed by atoms with Crippen molar-refractivity contribution in [2.45, 2.75) is 19.9 Å². The minimum atomic E-state index is -0.812. The van der Waals surface area contributed by atoms with Crippen molar-refractivity contribution < 1.29 is 14.3 Å². The summed E-state index contributed by atoms with van der Waals surface area (Å²) in [4.78, 5) is 42.2. The highest BCUT2D eigenvalue weighted by molar-refractivity contribution is 9.10. The van der Waals surface area contributed by atoms with Crippen LogP contribution in [0.2, 0.25) is 0 Å². The number of amides is 1. The first kappa shape index (κ1) is 19.2. The molecule has 2 heterocycles. The Morgan fingerprint density at radius 3 is 2.70 bits per heavy atom. The number of hydrogen-bond donors (Lipinski definition) is 1. The molecule has 9 heteroatoms. The fraction of sp³-hybridized carbons (Fsp3) is 0.222. The Balaban J connectivity index is 1.93. The monoisotopic (exact) mass is 449 g/mol. The maximum absolute atomic E-state index is 12.9. The Morgan fingerprint density at radius 1 is 1.33 bits per heavy atom. The molecule has 27 heavy (non-hydrogen) atoms. The summed E-state index contributed by atoms with van der Waals surface area (Å²) in [7, 11) is 0. The molecule has 1 unspecified atom stereocenters. The zero-order valence-corrected chi connectivity index (χ0v) is 17.0. The topological polar surface area (TPSA) is 90.3 Å². The van der Waals surface area contributed by atoms with Crippen molar-refractivity contribution in [3.8, 4) is 0 Å². The van der Waals surface area contributed by atoms with E-state index in [1.807, 2.05) is 0 Å². The molecule has 140 valence electrons. The molecule has 3 rings (SSSR count). The minimum absolute atomic E-state index is 0.171. The van der Waals surface area contributed by atoms with Crippen molar-refractivity contribution in [1.29, 1.82) is 0 Å². The van der Waals surface area contributed by atoms with E-state index in [1.165, 1.54) is 22.2 Å². The van der Waals surface area contributed by atoms with Crippen LogP contribution in [0, 0.1) is 0 Å². The molecule has 0 aliphatic carbocycles. The molecular weight excluding hydrogens is 434 g/mol. The Morgan fingerprint density at radius 2 is 2.04 bits per heavy atom.